The molecule has 1 aliphatic rings. The van der Waals surface area contributed by atoms with Crippen molar-refractivity contribution in [3.63, 3.8) is 0 Å². The number of likely N-dealkylation sites (tertiary alicyclic amines) is 1. The van der Waals surface area contributed by atoms with E-state index in [0.717, 1.165) is 36.0 Å². The van der Waals surface area contributed by atoms with E-state index in [1.54, 1.807) is 4.90 Å². The molecule has 1 aromatic rings. The highest BCUT2D eigenvalue weighted by Crippen LogP contribution is 2.17. The molecular weight excluding hydrogens is 318 g/mol. The first-order valence-electron chi connectivity index (χ1n) is 7.01. The monoisotopic (exact) mass is 339 g/mol. The molecule has 1 fully saturated rings. The average molecular weight is 340 g/mol. The van der Waals surface area contributed by atoms with E-state index < -0.39 is 0 Å². The number of nitrogens with zero attached hydrogens (tertiary/aromatic N) is 2. The van der Waals surface area contributed by atoms with E-state index in [1.165, 1.54) is 0 Å². The minimum atomic E-state index is 0.163. The Morgan fingerprint density at radius 1 is 1.40 bits per heavy atom. The third-order valence-corrected chi connectivity index (χ3v) is 4.56. The fourth-order valence-electron chi connectivity index (χ4n) is 2.39. The Morgan fingerprint density at radius 2 is 2.05 bits per heavy atom. The van der Waals surface area contributed by atoms with Gasteiger partial charge in [-0.25, -0.2) is 0 Å². The molecule has 0 spiro atoms. The van der Waals surface area contributed by atoms with Crippen molar-refractivity contribution >= 4 is 21.8 Å². The van der Waals surface area contributed by atoms with Crippen molar-refractivity contribution in [2.75, 3.05) is 26.7 Å². The molecule has 0 aliphatic carbocycles. The molecule has 0 saturated carbocycles. The zero-order chi connectivity index (χ0) is 14.5. The Labute approximate surface area is 129 Å². The lowest BCUT2D eigenvalue weighted by Crippen LogP contribution is -2.44. The van der Waals surface area contributed by atoms with Gasteiger partial charge in [-0.3, -0.25) is 9.69 Å². The van der Waals surface area contributed by atoms with Crippen molar-refractivity contribution in [2.45, 2.75) is 25.4 Å². The summed E-state index contributed by atoms with van der Waals surface area (Å²) < 4.78 is 1.04. The largest absolute Gasteiger partial charge is 0.340 e. The molecule has 2 rings (SSSR count). The van der Waals surface area contributed by atoms with E-state index in [-0.39, 0.29) is 5.91 Å². The number of benzene rings is 1. The predicted octanol–water partition coefficient (Wildman–Crippen LogP) is 1.83. The molecule has 0 atom stereocenters. The van der Waals surface area contributed by atoms with Crippen molar-refractivity contribution < 1.29 is 4.79 Å². The van der Waals surface area contributed by atoms with Gasteiger partial charge >= 0.3 is 0 Å². The fourth-order valence-corrected chi connectivity index (χ4v) is 2.80. The number of rotatable bonds is 4. The number of piperidine rings is 1. The molecule has 1 aromatic carbocycles. The van der Waals surface area contributed by atoms with Gasteiger partial charge in [-0.15, -0.1) is 0 Å². The van der Waals surface area contributed by atoms with Crippen molar-refractivity contribution in [3.8, 4) is 0 Å². The molecule has 1 amide bonds. The maximum atomic E-state index is 12.2. The van der Waals surface area contributed by atoms with E-state index in [2.05, 4.69) is 20.8 Å². The Hall–Kier alpha value is -0.910. The molecule has 5 heteroatoms. The van der Waals surface area contributed by atoms with Crippen molar-refractivity contribution in [1.29, 1.82) is 0 Å². The Balaban J connectivity index is 1.84. The second-order valence-corrected chi connectivity index (χ2v) is 6.31. The summed E-state index contributed by atoms with van der Waals surface area (Å²) in [6.45, 7) is 2.98. The lowest BCUT2D eigenvalue weighted by Gasteiger charge is -2.30. The third-order valence-electron chi connectivity index (χ3n) is 3.78. The lowest BCUT2D eigenvalue weighted by atomic mass is 10.1. The van der Waals surface area contributed by atoms with Crippen LogP contribution in [0.25, 0.3) is 0 Å². The quantitative estimate of drug-likeness (QED) is 0.910. The molecule has 1 saturated heterocycles. The van der Waals surface area contributed by atoms with E-state index in [9.17, 15) is 4.79 Å². The van der Waals surface area contributed by atoms with Gasteiger partial charge in [-0.2, -0.15) is 0 Å². The van der Waals surface area contributed by atoms with Crippen LogP contribution in [0.2, 0.25) is 0 Å². The summed E-state index contributed by atoms with van der Waals surface area (Å²) in [7, 11) is 1.86. The van der Waals surface area contributed by atoms with E-state index in [0.29, 0.717) is 19.1 Å². The summed E-state index contributed by atoms with van der Waals surface area (Å²) in [5.74, 6) is 0.163. The van der Waals surface area contributed by atoms with Crippen molar-refractivity contribution in [2.24, 2.45) is 5.73 Å². The van der Waals surface area contributed by atoms with Crippen molar-refractivity contribution in [3.05, 3.63) is 34.3 Å². The summed E-state index contributed by atoms with van der Waals surface area (Å²) in [6, 6.07) is 8.31. The van der Waals surface area contributed by atoms with Gasteiger partial charge in [-0.1, -0.05) is 34.1 Å². The number of amides is 1. The van der Waals surface area contributed by atoms with Gasteiger partial charge in [0.15, 0.2) is 0 Å². The van der Waals surface area contributed by atoms with E-state index >= 15 is 0 Å². The van der Waals surface area contributed by atoms with Crippen LogP contribution in [0.4, 0.5) is 0 Å². The summed E-state index contributed by atoms with van der Waals surface area (Å²) in [6.07, 6.45) is 1.97. The number of halogens is 1. The van der Waals surface area contributed by atoms with Crippen LogP contribution >= 0.6 is 15.9 Å². The van der Waals surface area contributed by atoms with Gasteiger partial charge in [-0.05, 0) is 24.5 Å². The molecule has 2 N–H and O–H groups in total. The number of likely N-dealkylation sites (N-methyl/N-ethyl adjacent to an activating group) is 1. The predicted molar refractivity (Wildman–Crippen MR) is 84.3 cm³/mol. The molecule has 110 valence electrons. The standard InChI is InChI=1S/C15H22BrN3O/c1-18(10-12-4-2-3-5-14(12)16)15(20)11-19-8-6-13(17)7-9-19/h2-5,13H,6-11,17H2,1H3. The van der Waals surface area contributed by atoms with Crippen LogP contribution in [0.3, 0.4) is 0 Å². The molecule has 0 unspecified atom stereocenters. The summed E-state index contributed by atoms with van der Waals surface area (Å²) in [4.78, 5) is 16.2. The Morgan fingerprint density at radius 3 is 2.70 bits per heavy atom. The first-order chi connectivity index (χ1) is 9.56. The van der Waals surface area contributed by atoms with Gasteiger partial charge in [0.25, 0.3) is 0 Å². The smallest absolute Gasteiger partial charge is 0.236 e. The number of hydrogen-bond donors (Lipinski definition) is 1. The molecule has 0 radical (unpaired) electrons. The maximum Gasteiger partial charge on any atom is 0.236 e. The fraction of sp³-hybridized carbons (Fsp3) is 0.533. The summed E-state index contributed by atoms with van der Waals surface area (Å²) in [5.41, 5.74) is 7.01. The van der Waals surface area contributed by atoms with Crippen LogP contribution in [0.5, 0.6) is 0 Å². The second-order valence-electron chi connectivity index (χ2n) is 5.45. The topological polar surface area (TPSA) is 49.6 Å². The highest BCUT2D eigenvalue weighted by Gasteiger charge is 2.20. The molecule has 1 heterocycles. The van der Waals surface area contributed by atoms with Crippen LogP contribution in [-0.2, 0) is 11.3 Å². The molecule has 1 aliphatic heterocycles. The SMILES string of the molecule is CN(Cc1ccccc1Br)C(=O)CN1CCC(N)CC1. The molecule has 0 bridgehead atoms. The summed E-state index contributed by atoms with van der Waals surface area (Å²) >= 11 is 3.52. The highest BCUT2D eigenvalue weighted by molar-refractivity contribution is 9.10. The number of nitrogens with two attached hydrogens (primary N) is 1. The lowest BCUT2D eigenvalue weighted by molar-refractivity contribution is -0.131. The average Bonchev–Trinajstić information content (AvgIpc) is 2.44. The third kappa shape index (κ3) is 4.30. The maximum absolute atomic E-state index is 12.2. The van der Waals surface area contributed by atoms with Gasteiger partial charge in [0, 0.05) is 37.2 Å². The summed E-state index contributed by atoms with van der Waals surface area (Å²) in [5, 5.41) is 0. The van der Waals surface area contributed by atoms with Gasteiger partial charge in [0.05, 0.1) is 6.54 Å². The molecule has 4 nitrogen and oxygen atoms in total. The van der Waals surface area contributed by atoms with Gasteiger partial charge in [0.1, 0.15) is 0 Å². The normalized spacial score (nSPS) is 17.1. The Kier molecular flexibility index (Phi) is 5.57. The van der Waals surface area contributed by atoms with Crippen LogP contribution in [0.15, 0.2) is 28.7 Å². The van der Waals surface area contributed by atoms with Gasteiger partial charge < -0.3 is 10.6 Å². The van der Waals surface area contributed by atoms with Crippen LogP contribution in [0.1, 0.15) is 18.4 Å². The number of hydrogen-bond acceptors (Lipinski definition) is 3. The molecule has 0 aromatic heterocycles. The molecule has 20 heavy (non-hydrogen) atoms. The first kappa shape index (κ1) is 15.5. The van der Waals surface area contributed by atoms with Gasteiger partial charge in [0.2, 0.25) is 5.91 Å². The second kappa shape index (κ2) is 7.20. The van der Waals surface area contributed by atoms with Crippen LogP contribution in [0, 0.1) is 0 Å². The zero-order valence-corrected chi connectivity index (χ0v) is 13.5. The first-order valence-corrected chi connectivity index (χ1v) is 7.81. The van der Waals surface area contributed by atoms with Crippen LogP contribution in [-0.4, -0.2) is 48.4 Å². The minimum absolute atomic E-state index is 0.163. The number of carbonyl (C=O) groups is 1. The highest BCUT2D eigenvalue weighted by atomic mass is 79.9. The Bertz CT molecular complexity index is 458. The van der Waals surface area contributed by atoms with Crippen LogP contribution < -0.4 is 5.73 Å². The molecular formula is C15H22BrN3O. The van der Waals surface area contributed by atoms with E-state index in [4.69, 9.17) is 5.73 Å². The zero-order valence-electron chi connectivity index (χ0n) is 11.9. The minimum Gasteiger partial charge on any atom is -0.340 e. The van der Waals surface area contributed by atoms with E-state index in [1.807, 2.05) is 31.3 Å². The number of carbonyl (C=O) groups excluding carboxylic acids is 1. The van der Waals surface area contributed by atoms with Crippen molar-refractivity contribution in [1.82, 2.24) is 9.80 Å².